The number of nitrogens with zero attached hydrogens (tertiary/aromatic N) is 1. The van der Waals surface area contributed by atoms with Crippen molar-refractivity contribution in [3.8, 4) is 0 Å². The standard InChI is InChI=1S/C12H13FN2S/c1-8-10(5-6-16-8)12(14-2)11-4-3-9(13)7-15-11/h3-7,12,14H,1-2H3. The molecule has 0 aliphatic heterocycles. The molecule has 16 heavy (non-hydrogen) atoms. The summed E-state index contributed by atoms with van der Waals surface area (Å²) in [6.07, 6.45) is 1.25. The van der Waals surface area contributed by atoms with Crippen molar-refractivity contribution in [1.82, 2.24) is 10.3 Å². The highest BCUT2D eigenvalue weighted by molar-refractivity contribution is 7.10. The van der Waals surface area contributed by atoms with Crippen LogP contribution in [0, 0.1) is 12.7 Å². The van der Waals surface area contributed by atoms with Gasteiger partial charge in [0.2, 0.25) is 0 Å². The van der Waals surface area contributed by atoms with Crippen LogP contribution < -0.4 is 5.32 Å². The molecule has 2 heterocycles. The predicted octanol–water partition coefficient (Wildman–Crippen LogP) is 2.90. The van der Waals surface area contributed by atoms with Gasteiger partial charge < -0.3 is 5.32 Å². The van der Waals surface area contributed by atoms with Gasteiger partial charge >= 0.3 is 0 Å². The Labute approximate surface area is 98.2 Å². The first-order valence-corrected chi connectivity index (χ1v) is 5.93. The maximum Gasteiger partial charge on any atom is 0.141 e. The first-order chi connectivity index (χ1) is 7.72. The van der Waals surface area contributed by atoms with Crippen LogP contribution in [0.4, 0.5) is 4.39 Å². The van der Waals surface area contributed by atoms with Gasteiger partial charge in [-0.05, 0) is 43.1 Å². The van der Waals surface area contributed by atoms with Crippen LogP contribution >= 0.6 is 11.3 Å². The smallest absolute Gasteiger partial charge is 0.141 e. The molecular weight excluding hydrogens is 223 g/mol. The number of aromatic nitrogens is 1. The van der Waals surface area contributed by atoms with Gasteiger partial charge in [-0.25, -0.2) is 4.39 Å². The average molecular weight is 236 g/mol. The van der Waals surface area contributed by atoms with Crippen LogP contribution in [0.5, 0.6) is 0 Å². The van der Waals surface area contributed by atoms with Gasteiger partial charge in [0, 0.05) is 4.88 Å². The van der Waals surface area contributed by atoms with E-state index in [2.05, 4.69) is 28.7 Å². The summed E-state index contributed by atoms with van der Waals surface area (Å²) in [5.41, 5.74) is 2.04. The Balaban J connectivity index is 2.37. The zero-order chi connectivity index (χ0) is 11.5. The predicted molar refractivity (Wildman–Crippen MR) is 64.2 cm³/mol. The van der Waals surface area contributed by atoms with Gasteiger partial charge in [0.25, 0.3) is 0 Å². The maximum absolute atomic E-state index is 12.8. The van der Waals surface area contributed by atoms with Crippen LogP contribution in [0.1, 0.15) is 22.2 Å². The minimum atomic E-state index is -0.305. The van der Waals surface area contributed by atoms with E-state index in [0.29, 0.717) is 0 Å². The lowest BCUT2D eigenvalue weighted by Crippen LogP contribution is -2.19. The van der Waals surface area contributed by atoms with E-state index >= 15 is 0 Å². The van der Waals surface area contributed by atoms with Crippen molar-refractivity contribution in [2.75, 3.05) is 7.05 Å². The monoisotopic (exact) mass is 236 g/mol. The SMILES string of the molecule is CNC(c1ccc(F)cn1)c1ccsc1C. The molecule has 0 bridgehead atoms. The lowest BCUT2D eigenvalue weighted by atomic mass is 10.0. The number of hydrogen-bond acceptors (Lipinski definition) is 3. The number of hydrogen-bond donors (Lipinski definition) is 1. The largest absolute Gasteiger partial charge is 0.308 e. The first kappa shape index (κ1) is 11.2. The summed E-state index contributed by atoms with van der Waals surface area (Å²) in [5.74, 6) is -0.305. The Morgan fingerprint density at radius 3 is 2.69 bits per heavy atom. The van der Waals surface area contributed by atoms with E-state index in [1.165, 1.54) is 22.7 Å². The molecule has 2 aromatic heterocycles. The Bertz CT molecular complexity index is 464. The van der Waals surface area contributed by atoms with Crippen molar-refractivity contribution in [3.63, 3.8) is 0 Å². The lowest BCUT2D eigenvalue weighted by Gasteiger charge is -2.15. The third-order valence-corrected chi connectivity index (χ3v) is 3.41. The van der Waals surface area contributed by atoms with Gasteiger partial charge in [-0.3, -0.25) is 4.98 Å². The molecule has 0 aromatic carbocycles. The summed E-state index contributed by atoms with van der Waals surface area (Å²) in [7, 11) is 1.88. The number of halogens is 1. The Hall–Kier alpha value is -1.26. The van der Waals surface area contributed by atoms with Crippen molar-refractivity contribution in [3.05, 3.63) is 51.7 Å². The van der Waals surface area contributed by atoms with E-state index in [4.69, 9.17) is 0 Å². The van der Waals surface area contributed by atoms with Crippen LogP contribution in [-0.2, 0) is 0 Å². The molecule has 2 nitrogen and oxygen atoms in total. The van der Waals surface area contributed by atoms with E-state index in [1.807, 2.05) is 7.05 Å². The van der Waals surface area contributed by atoms with E-state index in [1.54, 1.807) is 17.4 Å². The van der Waals surface area contributed by atoms with Gasteiger partial charge in [-0.15, -0.1) is 11.3 Å². The van der Waals surface area contributed by atoms with E-state index in [-0.39, 0.29) is 11.9 Å². The van der Waals surface area contributed by atoms with Crippen molar-refractivity contribution in [2.45, 2.75) is 13.0 Å². The van der Waals surface area contributed by atoms with Gasteiger partial charge in [-0.1, -0.05) is 0 Å². The summed E-state index contributed by atoms with van der Waals surface area (Å²) in [4.78, 5) is 5.37. The van der Waals surface area contributed by atoms with Crippen molar-refractivity contribution in [2.24, 2.45) is 0 Å². The van der Waals surface area contributed by atoms with E-state index in [9.17, 15) is 4.39 Å². The molecule has 1 N–H and O–H groups in total. The van der Waals surface area contributed by atoms with Gasteiger partial charge in [0.1, 0.15) is 5.82 Å². The fourth-order valence-corrected chi connectivity index (χ4v) is 2.46. The topological polar surface area (TPSA) is 24.9 Å². The number of nitrogens with one attached hydrogen (secondary N) is 1. The molecule has 2 rings (SSSR count). The van der Waals surface area contributed by atoms with Crippen LogP contribution in [0.2, 0.25) is 0 Å². The minimum absolute atomic E-state index is 0.0341. The quantitative estimate of drug-likeness (QED) is 0.886. The molecule has 0 spiro atoms. The highest BCUT2D eigenvalue weighted by Gasteiger charge is 2.16. The number of aryl methyl sites for hydroxylation is 1. The molecular formula is C12H13FN2S. The summed E-state index contributed by atoms with van der Waals surface area (Å²) in [5, 5.41) is 5.26. The molecule has 0 aliphatic carbocycles. The summed E-state index contributed by atoms with van der Waals surface area (Å²) < 4.78 is 12.8. The zero-order valence-electron chi connectivity index (χ0n) is 9.20. The summed E-state index contributed by atoms with van der Waals surface area (Å²) >= 11 is 1.70. The van der Waals surface area contributed by atoms with Crippen molar-refractivity contribution >= 4 is 11.3 Å². The van der Waals surface area contributed by atoms with Gasteiger partial charge in [0.15, 0.2) is 0 Å². The van der Waals surface area contributed by atoms with Crippen molar-refractivity contribution < 1.29 is 4.39 Å². The second kappa shape index (κ2) is 4.72. The molecule has 1 unspecified atom stereocenters. The Morgan fingerprint density at radius 2 is 2.19 bits per heavy atom. The molecule has 1 atom stereocenters. The molecule has 84 valence electrons. The van der Waals surface area contributed by atoms with E-state index < -0.39 is 0 Å². The Morgan fingerprint density at radius 1 is 1.38 bits per heavy atom. The van der Waals surface area contributed by atoms with Gasteiger partial charge in [-0.2, -0.15) is 0 Å². The molecule has 0 saturated heterocycles. The van der Waals surface area contributed by atoms with Gasteiger partial charge in [0.05, 0.1) is 17.9 Å². The lowest BCUT2D eigenvalue weighted by molar-refractivity contribution is 0.609. The molecule has 0 fully saturated rings. The molecule has 2 aromatic rings. The summed E-state index contributed by atoms with van der Waals surface area (Å²) in [6, 6.07) is 5.26. The average Bonchev–Trinajstić information content (AvgIpc) is 2.69. The summed E-state index contributed by atoms with van der Waals surface area (Å²) in [6.45, 7) is 2.08. The number of rotatable bonds is 3. The normalized spacial score (nSPS) is 12.7. The highest BCUT2D eigenvalue weighted by atomic mass is 32.1. The van der Waals surface area contributed by atoms with E-state index in [0.717, 1.165) is 5.69 Å². The number of pyridine rings is 1. The van der Waals surface area contributed by atoms with Crippen LogP contribution in [0.25, 0.3) is 0 Å². The third-order valence-electron chi connectivity index (χ3n) is 2.54. The fourth-order valence-electron chi connectivity index (χ4n) is 1.71. The molecule has 0 amide bonds. The molecule has 0 aliphatic rings. The third kappa shape index (κ3) is 2.13. The molecule has 0 saturated carbocycles. The van der Waals surface area contributed by atoms with Crippen molar-refractivity contribution in [1.29, 1.82) is 0 Å². The Kier molecular flexibility index (Phi) is 3.31. The molecule has 4 heteroatoms. The fraction of sp³-hybridized carbons (Fsp3) is 0.250. The highest BCUT2D eigenvalue weighted by Crippen LogP contribution is 2.26. The maximum atomic E-state index is 12.8. The number of thiophene rings is 1. The molecule has 0 radical (unpaired) electrons. The first-order valence-electron chi connectivity index (χ1n) is 5.05. The zero-order valence-corrected chi connectivity index (χ0v) is 10.0. The second-order valence-electron chi connectivity index (χ2n) is 3.56. The van der Waals surface area contributed by atoms with Crippen LogP contribution in [0.3, 0.4) is 0 Å². The second-order valence-corrected chi connectivity index (χ2v) is 4.68. The van der Waals surface area contributed by atoms with Crippen LogP contribution in [0.15, 0.2) is 29.8 Å². The van der Waals surface area contributed by atoms with Crippen LogP contribution in [-0.4, -0.2) is 12.0 Å². The minimum Gasteiger partial charge on any atom is -0.308 e.